The molecule has 90 valence electrons. The van der Waals surface area contributed by atoms with E-state index in [-0.39, 0.29) is 0 Å². The lowest BCUT2D eigenvalue weighted by atomic mass is 10.9. The van der Waals surface area contributed by atoms with Crippen molar-refractivity contribution in [1.82, 2.24) is 4.57 Å². The predicted molar refractivity (Wildman–Crippen MR) is 73.3 cm³/mol. The molecule has 1 rings (SSSR count). The number of aryl methyl sites for hydroxylation is 1. The summed E-state index contributed by atoms with van der Waals surface area (Å²) in [4.78, 5) is 0. The molecular formula is C10H23N2OSi3+. The highest BCUT2D eigenvalue weighted by Gasteiger charge is 2.38. The van der Waals surface area contributed by atoms with Crippen LogP contribution in [-0.2, 0) is 17.3 Å². The normalized spacial score (nSPS) is 13.1. The third-order valence-electron chi connectivity index (χ3n) is 3.20. The Bertz CT molecular complexity index is 344. The quantitative estimate of drug-likeness (QED) is 0.587. The van der Waals surface area contributed by atoms with Crippen molar-refractivity contribution in [2.24, 2.45) is 7.05 Å². The lowest BCUT2D eigenvalue weighted by molar-refractivity contribution is -0.671. The number of imidazole rings is 1. The van der Waals surface area contributed by atoms with E-state index >= 15 is 0 Å². The molecule has 0 aliphatic heterocycles. The largest absolute Gasteiger partial charge is 0.456 e. The second kappa shape index (κ2) is 4.99. The average Bonchev–Trinajstić information content (AvgIpc) is 2.49. The summed E-state index contributed by atoms with van der Waals surface area (Å²) in [7, 11) is 0.107. The molecule has 0 spiro atoms. The second-order valence-electron chi connectivity index (χ2n) is 5.76. The Morgan fingerprint density at radius 3 is 2.31 bits per heavy atom. The summed E-state index contributed by atoms with van der Waals surface area (Å²) in [5, 5.41) is 0. The van der Waals surface area contributed by atoms with Crippen molar-refractivity contribution in [2.75, 3.05) is 0 Å². The molecule has 0 amide bonds. The Balaban J connectivity index is 2.41. The van der Waals surface area contributed by atoms with Crippen LogP contribution in [0.15, 0.2) is 18.7 Å². The van der Waals surface area contributed by atoms with Gasteiger partial charge in [-0.1, -0.05) is 19.6 Å². The third-order valence-corrected chi connectivity index (χ3v) is 21.7. The van der Waals surface area contributed by atoms with E-state index in [1.54, 1.807) is 0 Å². The van der Waals surface area contributed by atoms with Crippen LogP contribution < -0.4 is 4.57 Å². The highest BCUT2D eigenvalue weighted by atomic mass is 29.3. The fourth-order valence-corrected chi connectivity index (χ4v) is 7.70. The smallest absolute Gasteiger partial charge is 0.266 e. The summed E-state index contributed by atoms with van der Waals surface area (Å²) in [6.07, 6.45) is 7.24. The highest BCUT2D eigenvalue weighted by Crippen LogP contribution is 2.19. The fourth-order valence-electron chi connectivity index (χ4n) is 1.04. The van der Waals surface area contributed by atoms with E-state index in [4.69, 9.17) is 4.12 Å². The van der Waals surface area contributed by atoms with Crippen molar-refractivity contribution in [3.8, 4) is 0 Å². The standard InChI is InChI=1S/C10H23N2OSi3/c1-11-7-8-12(9-11)10-14-13-16(5,6)15(2,3)4/h7-9H,10H2,1-6H3/q+1. The van der Waals surface area contributed by atoms with Gasteiger partial charge in [-0.25, -0.2) is 9.13 Å². The lowest BCUT2D eigenvalue weighted by Crippen LogP contribution is -2.55. The molecule has 0 saturated heterocycles. The van der Waals surface area contributed by atoms with E-state index in [0.29, 0.717) is 9.76 Å². The van der Waals surface area contributed by atoms with Crippen LogP contribution >= 0.6 is 0 Å². The number of hydrogen-bond acceptors (Lipinski definition) is 1. The molecule has 0 N–H and O–H groups in total. The van der Waals surface area contributed by atoms with Gasteiger partial charge >= 0.3 is 0 Å². The minimum atomic E-state index is -1.42. The van der Waals surface area contributed by atoms with E-state index in [9.17, 15) is 0 Å². The van der Waals surface area contributed by atoms with E-state index in [1.165, 1.54) is 0 Å². The molecule has 16 heavy (non-hydrogen) atoms. The maximum absolute atomic E-state index is 6.21. The van der Waals surface area contributed by atoms with Crippen LogP contribution in [0.3, 0.4) is 0 Å². The van der Waals surface area contributed by atoms with Crippen molar-refractivity contribution in [1.29, 1.82) is 0 Å². The van der Waals surface area contributed by atoms with E-state index in [1.807, 2.05) is 7.05 Å². The molecular weight excluding hydrogens is 248 g/mol. The molecule has 0 fully saturated rings. The van der Waals surface area contributed by atoms with Gasteiger partial charge in [-0.15, -0.1) is 0 Å². The Morgan fingerprint density at radius 2 is 1.88 bits per heavy atom. The number of rotatable bonds is 5. The molecule has 3 nitrogen and oxygen atoms in total. The van der Waals surface area contributed by atoms with Crippen LogP contribution in [-0.4, -0.2) is 29.8 Å². The van der Waals surface area contributed by atoms with E-state index < -0.39 is 15.4 Å². The number of hydrogen-bond donors (Lipinski definition) is 0. The average molecular weight is 272 g/mol. The maximum atomic E-state index is 6.21. The summed E-state index contributed by atoms with van der Waals surface area (Å²) in [5.74, 6) is 0. The molecule has 0 aliphatic rings. The maximum Gasteiger partial charge on any atom is 0.266 e. The lowest BCUT2D eigenvalue weighted by Gasteiger charge is -2.34. The molecule has 0 aromatic carbocycles. The minimum Gasteiger partial charge on any atom is -0.456 e. The van der Waals surface area contributed by atoms with Crippen molar-refractivity contribution >= 4 is 25.2 Å². The van der Waals surface area contributed by atoms with Crippen LogP contribution in [0.25, 0.3) is 0 Å². The second-order valence-corrected chi connectivity index (χ2v) is 22.8. The summed E-state index contributed by atoms with van der Waals surface area (Å²) >= 11 is 0. The molecule has 1 aromatic heterocycles. The van der Waals surface area contributed by atoms with Crippen LogP contribution in [0.1, 0.15) is 0 Å². The van der Waals surface area contributed by atoms with Gasteiger partial charge in [0.1, 0.15) is 18.6 Å². The van der Waals surface area contributed by atoms with Crippen molar-refractivity contribution in [3.05, 3.63) is 18.7 Å². The fraction of sp³-hybridized carbons (Fsp3) is 0.700. The van der Waals surface area contributed by atoms with Gasteiger partial charge < -0.3 is 4.12 Å². The first-order chi connectivity index (χ1) is 7.22. The zero-order valence-corrected chi connectivity index (χ0v) is 14.2. The van der Waals surface area contributed by atoms with E-state index in [0.717, 1.165) is 6.17 Å². The highest BCUT2D eigenvalue weighted by molar-refractivity contribution is 7.38. The molecule has 1 heterocycles. The zero-order chi connectivity index (χ0) is 12.4. The summed E-state index contributed by atoms with van der Waals surface area (Å²) in [5.41, 5.74) is 0. The van der Waals surface area contributed by atoms with Gasteiger partial charge in [0.05, 0.1) is 14.6 Å². The van der Waals surface area contributed by atoms with Crippen molar-refractivity contribution in [3.63, 3.8) is 0 Å². The van der Waals surface area contributed by atoms with E-state index in [2.05, 4.69) is 60.6 Å². The van der Waals surface area contributed by atoms with Crippen LogP contribution in [0, 0.1) is 0 Å². The first kappa shape index (κ1) is 13.9. The van der Waals surface area contributed by atoms with Crippen LogP contribution in [0.5, 0.6) is 0 Å². The number of aromatic nitrogens is 2. The monoisotopic (exact) mass is 271 g/mol. The summed E-state index contributed by atoms with van der Waals surface area (Å²) in [6.45, 7) is 12.0. The SMILES string of the molecule is C[n+]1ccn(C[Si]O[Si](C)(C)[Si](C)(C)C)c1. The Morgan fingerprint density at radius 1 is 1.25 bits per heavy atom. The van der Waals surface area contributed by atoms with Crippen LogP contribution in [0.2, 0.25) is 32.7 Å². The van der Waals surface area contributed by atoms with Gasteiger partial charge in [-0.05, 0) is 13.1 Å². The zero-order valence-electron chi connectivity index (χ0n) is 11.2. The van der Waals surface area contributed by atoms with Crippen molar-refractivity contribution in [2.45, 2.75) is 38.9 Å². The third kappa shape index (κ3) is 3.69. The van der Waals surface area contributed by atoms with Gasteiger partial charge in [0.2, 0.25) is 6.33 Å². The molecule has 0 saturated carbocycles. The molecule has 0 atom stereocenters. The minimum absolute atomic E-state index is 0.594. The first-order valence-electron chi connectivity index (χ1n) is 5.64. The van der Waals surface area contributed by atoms with Gasteiger partial charge in [0.15, 0.2) is 7.83 Å². The predicted octanol–water partition coefficient (Wildman–Crippen LogP) is 1.53. The van der Waals surface area contributed by atoms with Crippen LogP contribution in [0.4, 0.5) is 0 Å². The summed E-state index contributed by atoms with van der Waals surface area (Å²) in [6, 6.07) is 0. The topological polar surface area (TPSA) is 18.0 Å². The van der Waals surface area contributed by atoms with Gasteiger partial charge in [-0.2, -0.15) is 0 Å². The molecule has 0 bridgehead atoms. The Hall–Kier alpha value is -0.179. The van der Waals surface area contributed by atoms with Gasteiger partial charge in [0.25, 0.3) is 9.76 Å². The first-order valence-corrected chi connectivity index (χ1v) is 14.2. The Labute approximate surface area is 103 Å². The van der Waals surface area contributed by atoms with Crippen molar-refractivity contribution < 1.29 is 8.68 Å². The Kier molecular flexibility index (Phi) is 4.33. The molecule has 1 aromatic rings. The molecule has 0 aliphatic carbocycles. The summed E-state index contributed by atoms with van der Waals surface area (Å²) < 4.78 is 10.5. The molecule has 6 heteroatoms. The molecule has 0 unspecified atom stereocenters. The van der Waals surface area contributed by atoms with Gasteiger partial charge in [-0.3, -0.25) is 0 Å². The molecule has 2 radical (unpaired) electrons. The van der Waals surface area contributed by atoms with Gasteiger partial charge in [0, 0.05) is 0 Å². The number of nitrogens with zero attached hydrogens (tertiary/aromatic N) is 2.